The number of benzene rings is 2. The number of hydrogen-bond donors (Lipinski definition) is 1. The van der Waals surface area contributed by atoms with E-state index in [1.54, 1.807) is 25.2 Å². The van der Waals surface area contributed by atoms with Crippen LogP contribution >= 0.6 is 11.6 Å². The molecular weight excluding hydrogens is 392 g/mol. The number of methoxy groups -OCH3 is 2. The fourth-order valence-corrected chi connectivity index (χ4v) is 3.64. The van der Waals surface area contributed by atoms with Crippen LogP contribution in [0.15, 0.2) is 42.5 Å². The van der Waals surface area contributed by atoms with Gasteiger partial charge in [-0.15, -0.1) is 0 Å². The molecule has 1 aliphatic heterocycles. The quantitative estimate of drug-likeness (QED) is 0.718. The summed E-state index contributed by atoms with van der Waals surface area (Å²) >= 11 is 6.12. The van der Waals surface area contributed by atoms with Crippen molar-refractivity contribution in [2.24, 2.45) is 5.92 Å². The number of rotatable bonds is 8. The molecule has 1 fully saturated rings. The van der Waals surface area contributed by atoms with Crippen LogP contribution in [0.3, 0.4) is 0 Å². The molecule has 0 saturated carbocycles. The summed E-state index contributed by atoms with van der Waals surface area (Å²) < 4.78 is 10.6. The minimum atomic E-state index is -0.338. The Labute approximate surface area is 175 Å². The van der Waals surface area contributed by atoms with Gasteiger partial charge in [0, 0.05) is 31.1 Å². The van der Waals surface area contributed by atoms with E-state index in [1.165, 1.54) is 0 Å². The van der Waals surface area contributed by atoms with Crippen molar-refractivity contribution in [1.82, 2.24) is 10.2 Å². The highest BCUT2D eigenvalue weighted by Gasteiger charge is 2.33. The van der Waals surface area contributed by atoms with Crippen LogP contribution in [0.1, 0.15) is 17.5 Å². The Balaban J connectivity index is 1.52. The third-order valence-corrected chi connectivity index (χ3v) is 5.48. The van der Waals surface area contributed by atoms with E-state index < -0.39 is 0 Å². The molecule has 1 heterocycles. The maximum Gasteiger partial charge on any atom is 0.225 e. The minimum absolute atomic E-state index is 0.00312. The maximum atomic E-state index is 12.5. The largest absolute Gasteiger partial charge is 0.493 e. The lowest BCUT2D eigenvalue weighted by Crippen LogP contribution is -2.33. The van der Waals surface area contributed by atoms with E-state index in [2.05, 4.69) is 5.32 Å². The van der Waals surface area contributed by atoms with Crippen LogP contribution in [0.2, 0.25) is 5.02 Å². The number of ether oxygens (including phenoxy) is 2. The number of carbonyl (C=O) groups excluding carboxylic acids is 2. The number of nitrogens with zero attached hydrogens (tertiary/aromatic N) is 1. The molecule has 0 spiro atoms. The lowest BCUT2D eigenvalue weighted by molar-refractivity contribution is -0.129. The zero-order chi connectivity index (χ0) is 20.8. The van der Waals surface area contributed by atoms with E-state index in [-0.39, 0.29) is 24.2 Å². The third kappa shape index (κ3) is 5.21. The summed E-state index contributed by atoms with van der Waals surface area (Å²) in [6.45, 7) is 1.35. The third-order valence-electron chi connectivity index (χ3n) is 5.11. The first-order valence-electron chi connectivity index (χ1n) is 9.51. The van der Waals surface area contributed by atoms with Gasteiger partial charge < -0.3 is 19.7 Å². The zero-order valence-electron chi connectivity index (χ0n) is 16.6. The summed E-state index contributed by atoms with van der Waals surface area (Å²) in [6.07, 6.45) is 0.917. The molecule has 1 atom stereocenters. The highest BCUT2D eigenvalue weighted by molar-refractivity contribution is 6.31. The lowest BCUT2D eigenvalue weighted by Gasteiger charge is -2.17. The molecule has 2 aromatic carbocycles. The van der Waals surface area contributed by atoms with Gasteiger partial charge in [-0.25, -0.2) is 0 Å². The van der Waals surface area contributed by atoms with Crippen LogP contribution in [0.4, 0.5) is 0 Å². The Morgan fingerprint density at radius 3 is 2.66 bits per heavy atom. The van der Waals surface area contributed by atoms with Crippen molar-refractivity contribution in [3.8, 4) is 11.5 Å². The second-order valence-electron chi connectivity index (χ2n) is 6.99. The monoisotopic (exact) mass is 416 g/mol. The molecule has 0 aliphatic carbocycles. The van der Waals surface area contributed by atoms with Crippen molar-refractivity contribution in [2.75, 3.05) is 27.3 Å². The number of amides is 2. The molecule has 0 bridgehead atoms. The molecular formula is C22H25ClN2O4. The van der Waals surface area contributed by atoms with Crippen molar-refractivity contribution in [3.05, 3.63) is 58.6 Å². The fourth-order valence-electron chi connectivity index (χ4n) is 3.43. The van der Waals surface area contributed by atoms with E-state index in [9.17, 15) is 9.59 Å². The van der Waals surface area contributed by atoms with E-state index in [4.69, 9.17) is 21.1 Å². The number of carbonyl (C=O) groups is 2. The predicted molar refractivity (Wildman–Crippen MR) is 111 cm³/mol. The van der Waals surface area contributed by atoms with Crippen LogP contribution < -0.4 is 14.8 Å². The van der Waals surface area contributed by atoms with Gasteiger partial charge in [-0.05, 0) is 35.7 Å². The molecule has 6 nitrogen and oxygen atoms in total. The summed E-state index contributed by atoms with van der Waals surface area (Å²) in [5.41, 5.74) is 1.90. The topological polar surface area (TPSA) is 67.9 Å². The van der Waals surface area contributed by atoms with Crippen LogP contribution in [-0.2, 0) is 22.6 Å². The highest BCUT2D eigenvalue weighted by Crippen LogP contribution is 2.28. The lowest BCUT2D eigenvalue weighted by atomic mass is 10.1. The van der Waals surface area contributed by atoms with Gasteiger partial charge in [-0.2, -0.15) is 0 Å². The summed E-state index contributed by atoms with van der Waals surface area (Å²) in [5.74, 6) is 0.879. The van der Waals surface area contributed by atoms with Gasteiger partial charge in [0.25, 0.3) is 0 Å². The molecule has 0 radical (unpaired) electrons. The fraction of sp³-hybridized carbons (Fsp3) is 0.364. The van der Waals surface area contributed by atoms with Crippen molar-refractivity contribution in [2.45, 2.75) is 19.4 Å². The molecule has 1 aliphatic rings. The Morgan fingerprint density at radius 2 is 1.93 bits per heavy atom. The Hall–Kier alpha value is -2.73. The maximum absolute atomic E-state index is 12.5. The van der Waals surface area contributed by atoms with Crippen molar-refractivity contribution in [1.29, 1.82) is 0 Å². The summed E-state index contributed by atoms with van der Waals surface area (Å²) in [4.78, 5) is 26.6. The van der Waals surface area contributed by atoms with E-state index in [1.807, 2.05) is 36.4 Å². The molecule has 154 valence electrons. The van der Waals surface area contributed by atoms with Gasteiger partial charge in [0.05, 0.1) is 20.1 Å². The van der Waals surface area contributed by atoms with Gasteiger partial charge in [0.1, 0.15) is 0 Å². The Morgan fingerprint density at radius 1 is 1.17 bits per heavy atom. The SMILES string of the molecule is COc1ccc(CCN2C[C@H](C(=O)NCc3ccccc3Cl)CC2=O)cc1OC. The molecule has 3 rings (SSSR count). The first kappa shape index (κ1) is 21.0. The molecule has 1 N–H and O–H groups in total. The normalized spacial score (nSPS) is 16.0. The predicted octanol–water partition coefficient (Wildman–Crippen LogP) is 3.06. The summed E-state index contributed by atoms with van der Waals surface area (Å²) in [7, 11) is 3.19. The van der Waals surface area contributed by atoms with Gasteiger partial charge >= 0.3 is 0 Å². The molecule has 29 heavy (non-hydrogen) atoms. The Bertz CT molecular complexity index is 887. The number of halogens is 1. The van der Waals surface area contributed by atoms with Crippen LogP contribution in [0, 0.1) is 5.92 Å². The smallest absolute Gasteiger partial charge is 0.225 e. The average molecular weight is 417 g/mol. The summed E-state index contributed by atoms with van der Waals surface area (Å²) in [5, 5.41) is 3.51. The van der Waals surface area contributed by atoms with Gasteiger partial charge in [-0.3, -0.25) is 9.59 Å². The average Bonchev–Trinajstić information content (AvgIpc) is 3.11. The second-order valence-corrected chi connectivity index (χ2v) is 7.40. The van der Waals surface area contributed by atoms with Gasteiger partial charge in [-0.1, -0.05) is 35.9 Å². The molecule has 7 heteroatoms. The molecule has 2 aromatic rings. The number of nitrogens with one attached hydrogen (secondary N) is 1. The first-order valence-corrected chi connectivity index (χ1v) is 9.89. The number of hydrogen-bond acceptors (Lipinski definition) is 4. The van der Waals surface area contributed by atoms with Crippen molar-refractivity contribution < 1.29 is 19.1 Å². The summed E-state index contributed by atoms with van der Waals surface area (Å²) in [6, 6.07) is 13.1. The van der Waals surface area contributed by atoms with E-state index in [0.29, 0.717) is 42.6 Å². The highest BCUT2D eigenvalue weighted by atomic mass is 35.5. The molecule has 0 aromatic heterocycles. The second kappa shape index (κ2) is 9.65. The molecule has 1 saturated heterocycles. The van der Waals surface area contributed by atoms with Crippen LogP contribution in [0.25, 0.3) is 0 Å². The molecule has 2 amide bonds. The first-order chi connectivity index (χ1) is 14.0. The molecule has 0 unspecified atom stereocenters. The minimum Gasteiger partial charge on any atom is -0.493 e. The van der Waals surface area contributed by atoms with E-state index in [0.717, 1.165) is 11.1 Å². The van der Waals surface area contributed by atoms with Crippen molar-refractivity contribution >= 4 is 23.4 Å². The van der Waals surface area contributed by atoms with Gasteiger partial charge in [0.2, 0.25) is 11.8 Å². The Kier molecular flexibility index (Phi) is 6.99. The zero-order valence-corrected chi connectivity index (χ0v) is 17.4. The van der Waals surface area contributed by atoms with Crippen LogP contribution in [-0.4, -0.2) is 44.0 Å². The van der Waals surface area contributed by atoms with Gasteiger partial charge in [0.15, 0.2) is 11.5 Å². The van der Waals surface area contributed by atoms with Crippen molar-refractivity contribution in [3.63, 3.8) is 0 Å². The van der Waals surface area contributed by atoms with Crippen LogP contribution in [0.5, 0.6) is 11.5 Å². The van der Waals surface area contributed by atoms with E-state index >= 15 is 0 Å². The number of likely N-dealkylation sites (tertiary alicyclic amines) is 1. The standard InChI is InChI=1S/C22H25ClN2O4/c1-28-19-8-7-15(11-20(19)29-2)9-10-25-14-17(12-21(25)26)22(27)24-13-16-5-3-4-6-18(16)23/h3-8,11,17H,9-10,12-14H2,1-2H3,(H,24,27)/t17-/m1/s1.